The molecule has 4 aromatic carbocycles. The molecule has 0 saturated carbocycles. The number of nitrogens with zero attached hydrogens (tertiary/aromatic N) is 3. The van der Waals surface area contributed by atoms with Crippen LogP contribution in [0.4, 0.5) is 9.18 Å². The number of rotatable bonds is 5. The number of guanidine groups is 1. The molecule has 0 aliphatic carbocycles. The zero-order valence-electron chi connectivity index (χ0n) is 22.2. The second-order valence-corrected chi connectivity index (χ2v) is 9.48. The van der Waals surface area contributed by atoms with Gasteiger partial charge in [0.25, 0.3) is 5.91 Å². The number of carbonyl (C=O) groups excluding carboxylic acids is 2. The molecular weight excluding hydrogens is 505 g/mol. The van der Waals surface area contributed by atoms with E-state index in [1.807, 2.05) is 97.9 Å². The molecule has 1 aliphatic heterocycles. The molecule has 0 bridgehead atoms. The lowest BCUT2D eigenvalue weighted by molar-refractivity contribution is 0.0995. The topological polar surface area (TPSA) is 62.2 Å². The quantitative estimate of drug-likeness (QED) is 0.277. The molecule has 0 spiro atoms. The van der Waals surface area contributed by atoms with E-state index in [0.29, 0.717) is 5.70 Å². The first-order valence-corrected chi connectivity index (χ1v) is 12.9. The number of hydrogen-bond acceptors (Lipinski definition) is 3. The second-order valence-electron chi connectivity index (χ2n) is 9.48. The molecular formula is C33H28FN3O3. The summed E-state index contributed by atoms with van der Waals surface area (Å²) in [4.78, 5) is 34.3. The van der Waals surface area contributed by atoms with Gasteiger partial charge in [-0.05, 0) is 41.8 Å². The molecule has 40 heavy (non-hydrogen) atoms. The smallest absolute Gasteiger partial charge is 0.421 e. The summed E-state index contributed by atoms with van der Waals surface area (Å²) in [5.74, 6) is -1.45. The summed E-state index contributed by atoms with van der Waals surface area (Å²) in [7, 11) is 1.75. The minimum Gasteiger partial charge on any atom is -0.444 e. The predicted octanol–water partition coefficient (Wildman–Crippen LogP) is 7.00. The van der Waals surface area contributed by atoms with Crippen molar-refractivity contribution in [3.8, 4) is 0 Å². The van der Waals surface area contributed by atoms with Gasteiger partial charge < -0.3 is 9.64 Å². The van der Waals surface area contributed by atoms with Crippen LogP contribution in [0.2, 0.25) is 0 Å². The number of hydrogen-bond donors (Lipinski definition) is 0. The molecule has 200 valence electrons. The highest BCUT2D eigenvalue weighted by molar-refractivity contribution is 6.08. The van der Waals surface area contributed by atoms with Crippen LogP contribution in [0.3, 0.4) is 0 Å². The molecule has 1 fully saturated rings. The lowest BCUT2D eigenvalue weighted by Gasteiger charge is -2.21. The first-order valence-electron chi connectivity index (χ1n) is 12.9. The van der Waals surface area contributed by atoms with Gasteiger partial charge in [-0.15, -0.1) is 0 Å². The predicted molar refractivity (Wildman–Crippen MR) is 153 cm³/mol. The molecule has 4 aromatic rings. The fraction of sp³-hybridized carbons (Fsp3) is 0.121. The number of carbonyl (C=O) groups is 2. The van der Waals surface area contributed by atoms with Gasteiger partial charge in [0.05, 0.1) is 17.3 Å². The van der Waals surface area contributed by atoms with Crippen molar-refractivity contribution in [2.75, 3.05) is 7.05 Å². The van der Waals surface area contributed by atoms with Gasteiger partial charge in [-0.1, -0.05) is 103 Å². The molecule has 6 nitrogen and oxygen atoms in total. The van der Waals surface area contributed by atoms with E-state index in [0.717, 1.165) is 22.3 Å². The molecule has 1 saturated heterocycles. The summed E-state index contributed by atoms with van der Waals surface area (Å²) in [6, 6.07) is 32.0. The van der Waals surface area contributed by atoms with E-state index in [4.69, 9.17) is 4.74 Å². The van der Waals surface area contributed by atoms with Crippen molar-refractivity contribution in [3.05, 3.63) is 149 Å². The van der Waals surface area contributed by atoms with Crippen molar-refractivity contribution >= 4 is 24.0 Å². The van der Waals surface area contributed by atoms with Crippen molar-refractivity contribution in [3.63, 3.8) is 0 Å². The van der Waals surface area contributed by atoms with Gasteiger partial charge in [0.2, 0.25) is 5.96 Å². The Kier molecular flexibility index (Phi) is 7.82. The molecule has 1 unspecified atom stereocenters. The van der Waals surface area contributed by atoms with Crippen molar-refractivity contribution in [2.45, 2.75) is 19.6 Å². The Hall–Kier alpha value is -5.04. The number of likely N-dealkylation sites (N-methyl/N-ethyl adjacent to an activating group) is 1. The third-order valence-corrected chi connectivity index (χ3v) is 6.64. The molecule has 1 aliphatic rings. The Labute approximate surface area is 232 Å². The maximum Gasteiger partial charge on any atom is 0.421 e. The zero-order chi connectivity index (χ0) is 28.1. The van der Waals surface area contributed by atoms with Crippen molar-refractivity contribution in [1.29, 1.82) is 0 Å². The summed E-state index contributed by atoms with van der Waals surface area (Å²) in [5.41, 5.74) is 4.00. The van der Waals surface area contributed by atoms with E-state index in [1.54, 1.807) is 18.0 Å². The minimum atomic E-state index is -0.801. The molecule has 1 atom stereocenters. The number of halogens is 1. The van der Waals surface area contributed by atoms with E-state index in [-0.39, 0.29) is 18.1 Å². The Morgan fingerprint density at radius 1 is 0.875 bits per heavy atom. The average Bonchev–Trinajstić information content (AvgIpc) is 3.23. The highest BCUT2D eigenvalue weighted by Gasteiger charge is 2.44. The Morgan fingerprint density at radius 2 is 1.50 bits per heavy atom. The lowest BCUT2D eigenvalue weighted by atomic mass is 10.0. The fourth-order valence-corrected chi connectivity index (χ4v) is 4.60. The SMILES string of the molecule is Cc1ccc(C2/C(=C/c3ccccc3)N(C(=O)OCc3ccccc3)/C(=N\C(=O)c3ccccc3F)N2C)cc1. The van der Waals surface area contributed by atoms with E-state index in [9.17, 15) is 14.0 Å². The Morgan fingerprint density at radius 3 is 2.17 bits per heavy atom. The molecule has 7 heteroatoms. The molecule has 2 amide bonds. The summed E-state index contributed by atoms with van der Waals surface area (Å²) in [6.07, 6.45) is 1.17. The average molecular weight is 534 g/mol. The third-order valence-electron chi connectivity index (χ3n) is 6.64. The summed E-state index contributed by atoms with van der Waals surface area (Å²) >= 11 is 0. The number of aryl methyl sites for hydroxylation is 1. The first-order chi connectivity index (χ1) is 19.4. The van der Waals surface area contributed by atoms with Crippen LogP contribution in [0.15, 0.2) is 120 Å². The van der Waals surface area contributed by atoms with Gasteiger partial charge in [-0.3, -0.25) is 4.79 Å². The standard InChI is InChI=1S/C33H28FN3O3/c1-23-17-19-26(20-18-23)30-29(21-24-11-5-3-6-12-24)37(33(39)40-22-25-13-7-4-8-14-25)32(36(30)2)35-31(38)27-15-9-10-16-28(27)34/h3-21,30H,22H2,1-2H3/b29-21-,35-32-. The highest BCUT2D eigenvalue weighted by Crippen LogP contribution is 2.39. The van der Waals surface area contributed by atoms with Gasteiger partial charge in [0.1, 0.15) is 12.4 Å². The Bertz CT molecular complexity index is 1570. The first kappa shape index (κ1) is 26.6. The maximum atomic E-state index is 14.5. The van der Waals surface area contributed by atoms with Crippen LogP contribution in [0.5, 0.6) is 0 Å². The van der Waals surface area contributed by atoms with Crippen LogP contribution in [-0.2, 0) is 11.3 Å². The second kappa shape index (κ2) is 11.8. The van der Waals surface area contributed by atoms with E-state index >= 15 is 0 Å². The van der Waals surface area contributed by atoms with Gasteiger partial charge in [0.15, 0.2) is 0 Å². The third kappa shape index (κ3) is 5.68. The number of amides is 2. The van der Waals surface area contributed by atoms with Crippen LogP contribution in [-0.4, -0.2) is 34.8 Å². The van der Waals surface area contributed by atoms with Crippen molar-refractivity contribution < 1.29 is 18.7 Å². The van der Waals surface area contributed by atoms with Gasteiger partial charge >= 0.3 is 6.09 Å². The molecule has 5 rings (SSSR count). The summed E-state index contributed by atoms with van der Waals surface area (Å²) in [5, 5.41) is 0. The summed E-state index contributed by atoms with van der Waals surface area (Å²) < 4.78 is 20.2. The molecule has 1 heterocycles. The largest absolute Gasteiger partial charge is 0.444 e. The van der Waals surface area contributed by atoms with E-state index in [2.05, 4.69) is 4.99 Å². The molecule has 0 radical (unpaired) electrons. The summed E-state index contributed by atoms with van der Waals surface area (Å²) in [6.45, 7) is 2.03. The van der Waals surface area contributed by atoms with Crippen LogP contribution >= 0.6 is 0 Å². The highest BCUT2D eigenvalue weighted by atomic mass is 19.1. The van der Waals surface area contributed by atoms with Gasteiger partial charge in [-0.25, -0.2) is 14.1 Å². The van der Waals surface area contributed by atoms with Crippen molar-refractivity contribution in [2.24, 2.45) is 4.99 Å². The number of ether oxygens (including phenoxy) is 1. The zero-order valence-corrected chi connectivity index (χ0v) is 22.2. The van der Waals surface area contributed by atoms with Crippen LogP contribution < -0.4 is 0 Å². The lowest BCUT2D eigenvalue weighted by Crippen LogP contribution is -2.37. The van der Waals surface area contributed by atoms with Crippen LogP contribution in [0.1, 0.15) is 38.7 Å². The maximum absolute atomic E-state index is 14.5. The number of benzene rings is 4. The minimum absolute atomic E-state index is 0.0300. The monoisotopic (exact) mass is 533 g/mol. The van der Waals surface area contributed by atoms with Crippen molar-refractivity contribution in [1.82, 2.24) is 9.80 Å². The molecule has 0 N–H and O–H groups in total. The van der Waals surface area contributed by atoms with Crippen LogP contribution in [0.25, 0.3) is 6.08 Å². The number of aliphatic imine (C=N–C) groups is 1. The van der Waals surface area contributed by atoms with Gasteiger partial charge in [-0.2, -0.15) is 4.99 Å². The Balaban J connectivity index is 1.63. The van der Waals surface area contributed by atoms with Gasteiger partial charge in [0, 0.05) is 7.05 Å². The van der Waals surface area contributed by atoms with E-state index in [1.165, 1.54) is 23.1 Å². The normalized spacial score (nSPS) is 16.9. The van der Waals surface area contributed by atoms with Crippen LogP contribution in [0, 0.1) is 12.7 Å². The molecule has 0 aromatic heterocycles. The van der Waals surface area contributed by atoms with E-state index < -0.39 is 23.9 Å². The fourth-order valence-electron chi connectivity index (χ4n) is 4.60.